The van der Waals surface area contributed by atoms with Gasteiger partial charge in [0.05, 0.1) is 4.91 Å². The van der Waals surface area contributed by atoms with Crippen LogP contribution in [0.1, 0.15) is 16.7 Å². The Bertz CT molecular complexity index is 726. The van der Waals surface area contributed by atoms with E-state index in [0.29, 0.717) is 16.7 Å². The zero-order valence-electron chi connectivity index (χ0n) is 12.7. The molecule has 1 aliphatic heterocycles. The number of carboxylic acid groups (broad SMARTS) is 1. The van der Waals surface area contributed by atoms with Gasteiger partial charge in [-0.05, 0) is 48.7 Å². The third-order valence-corrected chi connectivity index (χ3v) is 4.53. The van der Waals surface area contributed by atoms with E-state index in [-0.39, 0.29) is 15.0 Å². The predicted molar refractivity (Wildman–Crippen MR) is 90.1 cm³/mol. The van der Waals surface area contributed by atoms with E-state index in [9.17, 15) is 18.4 Å². The molecule has 1 amide bonds. The van der Waals surface area contributed by atoms with Crippen molar-refractivity contribution < 1.29 is 28.2 Å². The van der Waals surface area contributed by atoms with E-state index in [1.165, 1.54) is 0 Å². The van der Waals surface area contributed by atoms with E-state index in [0.717, 1.165) is 16.7 Å². The summed E-state index contributed by atoms with van der Waals surface area (Å²) in [6, 6.07) is 3.21. The van der Waals surface area contributed by atoms with Gasteiger partial charge in [0.15, 0.2) is 0 Å². The number of nitrogens with zero attached hydrogens (tertiary/aromatic N) is 1. The Kier molecular flexibility index (Phi) is 5.55. The molecule has 0 aromatic heterocycles. The summed E-state index contributed by atoms with van der Waals surface area (Å²) >= 11 is 6.01. The molecule has 1 aromatic rings. The molecule has 0 radical (unpaired) electrons. The Morgan fingerprint density at radius 1 is 1.42 bits per heavy atom. The molecule has 1 N–H and O–H groups in total. The third-order valence-electron chi connectivity index (χ3n) is 3.15. The summed E-state index contributed by atoms with van der Waals surface area (Å²) in [5, 5.41) is 8.80. The highest BCUT2D eigenvalue weighted by atomic mass is 32.2. The van der Waals surface area contributed by atoms with Crippen LogP contribution in [0.15, 0.2) is 17.0 Å². The van der Waals surface area contributed by atoms with E-state index < -0.39 is 25.0 Å². The Labute approximate surface area is 146 Å². The van der Waals surface area contributed by atoms with E-state index in [4.69, 9.17) is 17.3 Å². The van der Waals surface area contributed by atoms with Gasteiger partial charge in [0.1, 0.15) is 16.6 Å². The minimum absolute atomic E-state index is 0.0978. The molecular weight excluding hydrogens is 360 g/mol. The standard InChI is InChI=1S/C15H13F2NO4S2/c1-7-3-9(4-8(2)12(7)22-14(16)17)5-10-13(21)18(6-11(19)20)15(23)24-10/h3-5,14H,6H2,1-2H3,(H,19,20)/b10-5+. The van der Waals surface area contributed by atoms with Gasteiger partial charge in [0.2, 0.25) is 0 Å². The third kappa shape index (κ3) is 4.09. The van der Waals surface area contributed by atoms with Crippen LogP contribution in [-0.4, -0.2) is 39.4 Å². The van der Waals surface area contributed by atoms with Gasteiger partial charge in [-0.1, -0.05) is 24.0 Å². The molecule has 1 saturated heterocycles. The average Bonchev–Trinajstić information content (AvgIpc) is 2.70. The molecule has 9 heteroatoms. The number of thiocarbonyl (C=S) groups is 1. The number of carbonyl (C=O) groups excluding carboxylic acids is 1. The fraction of sp³-hybridized carbons (Fsp3) is 0.267. The molecule has 0 atom stereocenters. The van der Waals surface area contributed by atoms with E-state index in [1.807, 2.05) is 0 Å². The smallest absolute Gasteiger partial charge is 0.387 e. The summed E-state index contributed by atoms with van der Waals surface area (Å²) in [4.78, 5) is 24.3. The minimum atomic E-state index is -2.92. The fourth-order valence-electron chi connectivity index (χ4n) is 2.27. The number of alkyl halides is 2. The lowest BCUT2D eigenvalue weighted by Crippen LogP contribution is -2.33. The van der Waals surface area contributed by atoms with Crippen LogP contribution in [0.5, 0.6) is 5.75 Å². The van der Waals surface area contributed by atoms with Gasteiger partial charge in [0.25, 0.3) is 5.91 Å². The molecule has 1 aliphatic rings. The predicted octanol–water partition coefficient (Wildman–Crippen LogP) is 3.19. The normalized spacial score (nSPS) is 16.4. The first-order valence-corrected chi connectivity index (χ1v) is 7.94. The summed E-state index contributed by atoms with van der Waals surface area (Å²) in [6.07, 6.45) is 1.55. The Balaban J connectivity index is 2.30. The molecule has 0 bridgehead atoms. The van der Waals surface area contributed by atoms with Gasteiger partial charge in [-0.2, -0.15) is 8.78 Å². The molecule has 0 unspecified atom stereocenters. The first-order valence-electron chi connectivity index (χ1n) is 6.72. The van der Waals surface area contributed by atoms with Crippen molar-refractivity contribution in [2.75, 3.05) is 6.54 Å². The number of benzene rings is 1. The van der Waals surface area contributed by atoms with E-state index >= 15 is 0 Å². The van der Waals surface area contributed by atoms with Gasteiger partial charge < -0.3 is 9.84 Å². The van der Waals surface area contributed by atoms with Crippen molar-refractivity contribution in [2.45, 2.75) is 20.5 Å². The van der Waals surface area contributed by atoms with Crippen molar-refractivity contribution in [3.05, 3.63) is 33.7 Å². The molecule has 0 saturated carbocycles. The van der Waals surface area contributed by atoms with Crippen LogP contribution < -0.4 is 4.74 Å². The van der Waals surface area contributed by atoms with Crippen molar-refractivity contribution in [3.8, 4) is 5.75 Å². The first-order chi connectivity index (χ1) is 11.2. The molecule has 1 aromatic carbocycles. The maximum Gasteiger partial charge on any atom is 0.387 e. The zero-order valence-corrected chi connectivity index (χ0v) is 14.3. The van der Waals surface area contributed by atoms with Crippen LogP contribution in [-0.2, 0) is 9.59 Å². The number of ether oxygens (including phenoxy) is 1. The lowest BCUT2D eigenvalue weighted by Gasteiger charge is -2.12. The van der Waals surface area contributed by atoms with Gasteiger partial charge >= 0.3 is 12.6 Å². The Hall–Kier alpha value is -2.00. The van der Waals surface area contributed by atoms with Crippen molar-refractivity contribution in [1.82, 2.24) is 4.90 Å². The number of amides is 1. The second kappa shape index (κ2) is 7.27. The summed E-state index contributed by atoms with van der Waals surface area (Å²) < 4.78 is 29.4. The summed E-state index contributed by atoms with van der Waals surface area (Å²) in [6.45, 7) is -0.170. The van der Waals surface area contributed by atoms with E-state index in [2.05, 4.69) is 4.74 Å². The van der Waals surface area contributed by atoms with Gasteiger partial charge in [-0.3, -0.25) is 14.5 Å². The largest absolute Gasteiger partial charge is 0.480 e. The maximum atomic E-state index is 12.4. The van der Waals surface area contributed by atoms with Crippen molar-refractivity contribution in [3.63, 3.8) is 0 Å². The number of aliphatic carboxylic acids is 1. The van der Waals surface area contributed by atoms with Crippen LogP contribution in [0, 0.1) is 13.8 Å². The fourth-order valence-corrected chi connectivity index (χ4v) is 3.52. The molecule has 5 nitrogen and oxygen atoms in total. The monoisotopic (exact) mass is 373 g/mol. The molecule has 1 fully saturated rings. The molecule has 128 valence electrons. The summed E-state index contributed by atoms with van der Waals surface area (Å²) in [5.74, 6) is -1.55. The Morgan fingerprint density at radius 2 is 2.00 bits per heavy atom. The highest BCUT2D eigenvalue weighted by Crippen LogP contribution is 2.34. The quantitative estimate of drug-likeness (QED) is 0.632. The number of thioether (sulfide) groups is 1. The number of halogens is 2. The van der Waals surface area contributed by atoms with Crippen LogP contribution in [0.3, 0.4) is 0 Å². The van der Waals surface area contributed by atoms with Crippen LogP contribution >= 0.6 is 24.0 Å². The highest BCUT2D eigenvalue weighted by molar-refractivity contribution is 8.26. The first kappa shape index (κ1) is 18.3. The lowest BCUT2D eigenvalue weighted by atomic mass is 10.1. The topological polar surface area (TPSA) is 66.8 Å². The number of aryl methyl sites for hydroxylation is 2. The number of carbonyl (C=O) groups is 2. The SMILES string of the molecule is Cc1cc(/C=C2/SC(=S)N(CC(=O)O)C2=O)cc(C)c1OC(F)F. The molecule has 1 heterocycles. The molecule has 0 aliphatic carbocycles. The second-order valence-corrected chi connectivity index (χ2v) is 6.70. The highest BCUT2D eigenvalue weighted by Gasteiger charge is 2.33. The molecule has 0 spiro atoms. The molecular formula is C15H13F2NO4S2. The maximum absolute atomic E-state index is 12.4. The van der Waals surface area contributed by atoms with Crippen molar-refractivity contribution >= 4 is 46.3 Å². The Morgan fingerprint density at radius 3 is 2.50 bits per heavy atom. The van der Waals surface area contributed by atoms with Gasteiger partial charge in [-0.15, -0.1) is 0 Å². The number of rotatable bonds is 5. The zero-order chi connectivity index (χ0) is 18.0. The second-order valence-electron chi connectivity index (χ2n) is 5.02. The summed E-state index contributed by atoms with van der Waals surface area (Å²) in [5.41, 5.74) is 1.62. The van der Waals surface area contributed by atoms with Crippen LogP contribution in [0.2, 0.25) is 0 Å². The van der Waals surface area contributed by atoms with Gasteiger partial charge in [0, 0.05) is 0 Å². The number of hydrogen-bond donors (Lipinski definition) is 1. The van der Waals surface area contributed by atoms with Crippen LogP contribution in [0.4, 0.5) is 8.78 Å². The van der Waals surface area contributed by atoms with Crippen LogP contribution in [0.25, 0.3) is 6.08 Å². The lowest BCUT2D eigenvalue weighted by molar-refractivity contribution is -0.140. The number of carboxylic acids is 1. The van der Waals surface area contributed by atoms with Crippen molar-refractivity contribution in [2.24, 2.45) is 0 Å². The summed E-state index contributed by atoms with van der Waals surface area (Å²) in [7, 11) is 0. The van der Waals surface area contributed by atoms with Crippen molar-refractivity contribution in [1.29, 1.82) is 0 Å². The van der Waals surface area contributed by atoms with Gasteiger partial charge in [-0.25, -0.2) is 0 Å². The van der Waals surface area contributed by atoms with E-state index in [1.54, 1.807) is 32.1 Å². The minimum Gasteiger partial charge on any atom is -0.480 e. The number of hydrogen-bond acceptors (Lipinski definition) is 5. The molecule has 2 rings (SSSR count). The average molecular weight is 373 g/mol. The molecule has 24 heavy (non-hydrogen) atoms.